The van der Waals surface area contributed by atoms with E-state index in [0.29, 0.717) is 33.3 Å². The van der Waals surface area contributed by atoms with Gasteiger partial charge in [0.05, 0.1) is 16.0 Å². The first-order valence-corrected chi connectivity index (χ1v) is 11.5. The van der Waals surface area contributed by atoms with Gasteiger partial charge in [-0.3, -0.25) is 4.79 Å². The van der Waals surface area contributed by atoms with Crippen LogP contribution < -0.4 is 15.8 Å². The largest absolute Gasteiger partial charge is 0.457 e. The summed E-state index contributed by atoms with van der Waals surface area (Å²) in [6, 6.07) is 16.9. The Balaban J connectivity index is 1.43. The number of halogens is 1. The molecule has 0 aliphatic heterocycles. The topological polar surface area (TPSA) is 93.0 Å². The van der Waals surface area contributed by atoms with Crippen LogP contribution in [0.4, 0.5) is 5.69 Å². The van der Waals surface area contributed by atoms with Gasteiger partial charge in [0.2, 0.25) is 0 Å². The molecule has 6 nitrogen and oxygen atoms in total. The predicted molar refractivity (Wildman–Crippen MR) is 131 cm³/mol. The lowest BCUT2D eigenvalue weighted by molar-refractivity contribution is 0.104. The van der Waals surface area contributed by atoms with Crippen LogP contribution >= 0.6 is 11.6 Å². The van der Waals surface area contributed by atoms with Gasteiger partial charge in [0, 0.05) is 41.8 Å². The lowest BCUT2D eigenvalue weighted by Gasteiger charge is -2.28. The Morgan fingerprint density at radius 2 is 1.94 bits per heavy atom. The second-order valence-corrected chi connectivity index (χ2v) is 8.85. The van der Waals surface area contributed by atoms with Gasteiger partial charge < -0.3 is 20.8 Å². The first-order chi connectivity index (χ1) is 16.1. The summed E-state index contributed by atoms with van der Waals surface area (Å²) in [6.07, 6.45) is 7.55. The molecule has 0 radical (unpaired) electrons. The van der Waals surface area contributed by atoms with Crippen molar-refractivity contribution < 1.29 is 9.53 Å². The number of ether oxygens (including phenoxy) is 1. The third-order valence-corrected chi connectivity index (χ3v) is 6.37. The highest BCUT2D eigenvalue weighted by atomic mass is 35.5. The van der Waals surface area contributed by atoms with Crippen molar-refractivity contribution in [3.63, 3.8) is 0 Å². The Morgan fingerprint density at radius 3 is 2.73 bits per heavy atom. The first-order valence-electron chi connectivity index (χ1n) is 11.1. The summed E-state index contributed by atoms with van der Waals surface area (Å²) in [7, 11) is 0. The van der Waals surface area contributed by atoms with Crippen molar-refractivity contribution in [1.29, 1.82) is 0 Å². The Kier molecular flexibility index (Phi) is 6.03. The number of nitrogens with one attached hydrogen (secondary N) is 2. The number of pyridine rings is 1. The summed E-state index contributed by atoms with van der Waals surface area (Å²) >= 11 is 6.51. The number of aromatic amines is 1. The number of carbonyl (C=O) groups is 1. The summed E-state index contributed by atoms with van der Waals surface area (Å²) in [4.78, 5) is 21.0. The number of anilines is 1. The number of aromatic nitrogens is 2. The standard InChI is InChI=1S/C26H25ClN4O2/c27-22-14-19(33-18-7-2-1-3-8-18)9-10-20(22)25(32)21-15-30-26-24(21)23(11-12-29-26)31-17-6-4-5-16(28)13-17/h1-3,7-12,14-17H,4-6,13,28H2,(H2,29,30,31)/t16-,17+/m1/s1. The number of nitrogens with two attached hydrogens (primary N) is 1. The molecule has 4 N–H and O–H groups in total. The van der Waals surface area contributed by atoms with Crippen LogP contribution in [0.15, 0.2) is 67.0 Å². The number of H-pyrrole nitrogens is 1. The minimum atomic E-state index is -0.172. The zero-order valence-electron chi connectivity index (χ0n) is 18.1. The molecule has 4 aromatic rings. The van der Waals surface area contributed by atoms with Crippen molar-refractivity contribution in [2.45, 2.75) is 37.8 Å². The molecule has 0 bridgehead atoms. The van der Waals surface area contributed by atoms with Crippen molar-refractivity contribution in [3.8, 4) is 11.5 Å². The number of para-hydroxylation sites is 1. The van der Waals surface area contributed by atoms with Crippen LogP contribution in [0.1, 0.15) is 41.6 Å². The molecule has 2 aromatic heterocycles. The van der Waals surface area contributed by atoms with Gasteiger partial charge in [0.25, 0.3) is 0 Å². The number of fused-ring (bicyclic) bond motifs is 1. The fourth-order valence-electron chi connectivity index (χ4n) is 4.45. The summed E-state index contributed by atoms with van der Waals surface area (Å²) in [5, 5.41) is 4.69. The van der Waals surface area contributed by atoms with Crippen molar-refractivity contribution in [2.75, 3.05) is 5.32 Å². The molecule has 1 aliphatic carbocycles. The highest BCUT2D eigenvalue weighted by Crippen LogP contribution is 2.33. The summed E-state index contributed by atoms with van der Waals surface area (Å²) < 4.78 is 5.84. The molecular formula is C26H25ClN4O2. The minimum absolute atomic E-state index is 0.172. The maximum Gasteiger partial charge on any atom is 0.196 e. The van der Waals surface area contributed by atoms with Crippen LogP contribution in [-0.4, -0.2) is 27.8 Å². The van der Waals surface area contributed by atoms with Crippen LogP contribution in [0.25, 0.3) is 11.0 Å². The van der Waals surface area contributed by atoms with Crippen LogP contribution in [0, 0.1) is 0 Å². The van der Waals surface area contributed by atoms with Gasteiger partial charge in [-0.25, -0.2) is 4.98 Å². The molecule has 2 heterocycles. The smallest absolute Gasteiger partial charge is 0.196 e. The maximum absolute atomic E-state index is 13.5. The van der Waals surface area contributed by atoms with E-state index in [0.717, 1.165) is 36.8 Å². The van der Waals surface area contributed by atoms with E-state index in [1.165, 1.54) is 0 Å². The first kappa shape index (κ1) is 21.5. The zero-order valence-corrected chi connectivity index (χ0v) is 18.8. The quantitative estimate of drug-likeness (QED) is 0.310. The Morgan fingerprint density at radius 1 is 1.09 bits per heavy atom. The molecule has 0 saturated heterocycles. The second-order valence-electron chi connectivity index (χ2n) is 8.44. The number of hydrogen-bond acceptors (Lipinski definition) is 5. The minimum Gasteiger partial charge on any atom is -0.457 e. The molecule has 5 rings (SSSR count). The molecule has 33 heavy (non-hydrogen) atoms. The van der Waals surface area contributed by atoms with Crippen molar-refractivity contribution in [2.24, 2.45) is 5.73 Å². The third kappa shape index (κ3) is 4.58. The van der Waals surface area contributed by atoms with E-state index in [2.05, 4.69) is 15.3 Å². The number of rotatable bonds is 6. The fraction of sp³-hybridized carbons (Fsp3) is 0.231. The lowest BCUT2D eigenvalue weighted by Crippen LogP contribution is -2.34. The molecule has 2 atom stereocenters. The summed E-state index contributed by atoms with van der Waals surface area (Å²) in [5.41, 5.74) is 8.64. The second kappa shape index (κ2) is 9.25. The van der Waals surface area contributed by atoms with Gasteiger partial charge in [0.15, 0.2) is 5.78 Å². The van der Waals surface area contributed by atoms with Crippen LogP contribution in [-0.2, 0) is 0 Å². The summed E-state index contributed by atoms with van der Waals surface area (Å²) in [5.74, 6) is 1.10. The summed E-state index contributed by atoms with van der Waals surface area (Å²) in [6.45, 7) is 0. The van der Waals surface area contributed by atoms with Crippen LogP contribution in [0.2, 0.25) is 5.02 Å². The third-order valence-electron chi connectivity index (χ3n) is 6.06. The van der Waals surface area contributed by atoms with Gasteiger partial charge in [-0.15, -0.1) is 0 Å². The maximum atomic E-state index is 13.5. The Hall–Kier alpha value is -3.35. The number of ketones is 1. The highest BCUT2D eigenvalue weighted by molar-refractivity contribution is 6.35. The van der Waals surface area contributed by atoms with E-state index < -0.39 is 0 Å². The Labute approximate surface area is 197 Å². The van der Waals surface area contributed by atoms with E-state index in [1.807, 2.05) is 36.4 Å². The van der Waals surface area contributed by atoms with Crippen LogP contribution in [0.3, 0.4) is 0 Å². The van der Waals surface area contributed by atoms with Gasteiger partial charge in [0.1, 0.15) is 17.1 Å². The van der Waals surface area contributed by atoms with Gasteiger partial charge in [-0.2, -0.15) is 0 Å². The zero-order chi connectivity index (χ0) is 22.8. The van der Waals surface area contributed by atoms with Gasteiger partial charge >= 0.3 is 0 Å². The number of benzene rings is 2. The molecule has 7 heteroatoms. The average molecular weight is 461 g/mol. The van der Waals surface area contributed by atoms with E-state index in [4.69, 9.17) is 22.1 Å². The number of nitrogens with zero attached hydrogens (tertiary/aromatic N) is 1. The molecule has 1 aliphatic rings. The normalized spacial score (nSPS) is 18.2. The fourth-order valence-corrected chi connectivity index (χ4v) is 4.70. The van der Waals surface area contributed by atoms with E-state index in [-0.39, 0.29) is 17.9 Å². The van der Waals surface area contributed by atoms with Gasteiger partial charge in [-0.05, 0) is 56.0 Å². The SMILES string of the molecule is N[C@@H]1CCC[C@H](Nc2ccnc3[nH]cc(C(=O)c4ccc(Oc5ccccc5)cc4Cl)c23)C1. The molecule has 1 saturated carbocycles. The number of carbonyl (C=O) groups excluding carboxylic acids is 1. The van der Waals surface area contributed by atoms with Crippen molar-refractivity contribution in [3.05, 3.63) is 83.1 Å². The molecule has 168 valence electrons. The molecule has 2 aromatic carbocycles. The molecule has 0 spiro atoms. The number of hydrogen-bond donors (Lipinski definition) is 3. The monoisotopic (exact) mass is 460 g/mol. The molecule has 1 fully saturated rings. The van der Waals surface area contributed by atoms with Crippen molar-refractivity contribution in [1.82, 2.24) is 9.97 Å². The molecule has 0 amide bonds. The van der Waals surface area contributed by atoms with Gasteiger partial charge in [-0.1, -0.05) is 29.8 Å². The van der Waals surface area contributed by atoms with E-state index in [1.54, 1.807) is 30.6 Å². The van der Waals surface area contributed by atoms with Crippen LogP contribution in [0.5, 0.6) is 11.5 Å². The lowest BCUT2D eigenvalue weighted by atomic mass is 9.91. The predicted octanol–water partition coefficient (Wildman–Crippen LogP) is 5.92. The van der Waals surface area contributed by atoms with Crippen molar-refractivity contribution >= 4 is 34.1 Å². The average Bonchev–Trinajstić information content (AvgIpc) is 3.25. The highest BCUT2D eigenvalue weighted by Gasteiger charge is 2.23. The Bertz CT molecular complexity index is 1290. The molecular weight excluding hydrogens is 436 g/mol. The van der Waals surface area contributed by atoms with E-state index in [9.17, 15) is 4.79 Å². The molecule has 0 unspecified atom stereocenters. The van der Waals surface area contributed by atoms with E-state index >= 15 is 0 Å².